The van der Waals surface area contributed by atoms with Crippen molar-refractivity contribution in [1.29, 1.82) is 0 Å². The van der Waals surface area contributed by atoms with E-state index >= 15 is 0 Å². The summed E-state index contributed by atoms with van der Waals surface area (Å²) in [4.78, 5) is 50.4. The number of ether oxygens (including phenoxy) is 2. The summed E-state index contributed by atoms with van der Waals surface area (Å²) in [7, 11) is 2.39. The number of piperidine rings is 1. The summed E-state index contributed by atoms with van der Waals surface area (Å²) in [5, 5.41) is 11.7. The van der Waals surface area contributed by atoms with Crippen LogP contribution in [0, 0.1) is 0 Å². The smallest absolute Gasteiger partial charge is 0.345 e. The summed E-state index contributed by atoms with van der Waals surface area (Å²) in [6.07, 6.45) is 2.08. The maximum Gasteiger partial charge on any atom is 0.345 e. The van der Waals surface area contributed by atoms with Gasteiger partial charge in [-0.1, -0.05) is 6.42 Å². The van der Waals surface area contributed by atoms with Crippen molar-refractivity contribution in [2.24, 2.45) is 0 Å². The van der Waals surface area contributed by atoms with Crippen LogP contribution in [0.2, 0.25) is 0 Å². The van der Waals surface area contributed by atoms with E-state index in [4.69, 9.17) is 5.11 Å². The molecule has 2 rings (SSSR count). The number of carboxylic acids is 1. The summed E-state index contributed by atoms with van der Waals surface area (Å²) in [5.74, 6) is -2.69. The van der Waals surface area contributed by atoms with Crippen LogP contribution in [0.3, 0.4) is 0 Å². The molecule has 9 nitrogen and oxygen atoms in total. The van der Waals surface area contributed by atoms with Crippen molar-refractivity contribution >= 4 is 35.2 Å². The van der Waals surface area contributed by atoms with E-state index in [1.807, 2.05) is 4.90 Å². The molecule has 1 fully saturated rings. The van der Waals surface area contributed by atoms with E-state index in [1.165, 1.54) is 25.6 Å². The van der Waals surface area contributed by atoms with Crippen LogP contribution in [-0.4, -0.2) is 66.7 Å². The van der Waals surface area contributed by atoms with Crippen molar-refractivity contribution in [1.82, 2.24) is 10.2 Å². The first-order valence-corrected chi connectivity index (χ1v) is 9.68. The van der Waals surface area contributed by atoms with E-state index in [-0.39, 0.29) is 17.2 Å². The largest absolute Gasteiger partial charge is 0.477 e. The van der Waals surface area contributed by atoms with Gasteiger partial charge in [0.05, 0.1) is 26.7 Å². The highest BCUT2D eigenvalue weighted by Crippen LogP contribution is 2.24. The van der Waals surface area contributed by atoms with Crippen molar-refractivity contribution in [3.05, 3.63) is 21.9 Å². The number of nitrogens with zero attached hydrogens (tertiary/aromatic N) is 1. The Kier molecular flexibility index (Phi) is 7.94. The SMILES string of the molecule is COC(=O)C[C@H](NC(=O)[C@@H]1CCCCN1Cc1ccc(C(=O)O)s1)C(=O)OC. The quantitative estimate of drug-likeness (QED) is 0.607. The van der Waals surface area contributed by atoms with Crippen LogP contribution >= 0.6 is 11.3 Å². The number of carbonyl (C=O) groups is 4. The Labute approximate surface area is 166 Å². The molecule has 1 aliphatic rings. The Hall–Kier alpha value is -2.46. The molecule has 10 heteroatoms. The molecule has 28 heavy (non-hydrogen) atoms. The van der Waals surface area contributed by atoms with Crippen LogP contribution in [-0.2, 0) is 30.4 Å². The fourth-order valence-electron chi connectivity index (χ4n) is 3.11. The average Bonchev–Trinajstić information content (AvgIpc) is 3.15. The fraction of sp³-hybridized carbons (Fsp3) is 0.556. The van der Waals surface area contributed by atoms with Crippen molar-refractivity contribution in [3.8, 4) is 0 Å². The standard InChI is InChI=1S/C18H24N2O7S/c1-26-15(21)9-12(18(25)27-2)19-16(22)13-5-3-4-8-20(13)10-11-6-7-14(28-11)17(23)24/h6-7,12-13H,3-5,8-10H2,1-2H3,(H,19,22)(H,23,24)/t12-,13-/m0/s1. The monoisotopic (exact) mass is 412 g/mol. The fourth-order valence-corrected chi connectivity index (χ4v) is 3.98. The lowest BCUT2D eigenvalue weighted by atomic mass is 10.0. The molecule has 1 aliphatic heterocycles. The number of esters is 2. The molecule has 0 spiro atoms. The third-order valence-electron chi connectivity index (χ3n) is 4.55. The number of rotatable bonds is 8. The Morgan fingerprint density at radius 1 is 1.25 bits per heavy atom. The second-order valence-electron chi connectivity index (χ2n) is 6.42. The van der Waals surface area contributed by atoms with Gasteiger partial charge in [0, 0.05) is 11.4 Å². The molecular formula is C18H24N2O7S. The zero-order chi connectivity index (χ0) is 20.7. The molecule has 0 bridgehead atoms. The van der Waals surface area contributed by atoms with Gasteiger partial charge < -0.3 is 19.9 Å². The molecule has 2 N–H and O–H groups in total. The zero-order valence-corrected chi connectivity index (χ0v) is 16.6. The van der Waals surface area contributed by atoms with Gasteiger partial charge in [0.15, 0.2) is 0 Å². The number of carboxylic acid groups (broad SMARTS) is 1. The lowest BCUT2D eigenvalue weighted by Gasteiger charge is -2.35. The average molecular weight is 412 g/mol. The van der Waals surface area contributed by atoms with Gasteiger partial charge in [0.25, 0.3) is 0 Å². The van der Waals surface area contributed by atoms with Gasteiger partial charge in [-0.15, -0.1) is 11.3 Å². The van der Waals surface area contributed by atoms with Gasteiger partial charge in [-0.3, -0.25) is 14.5 Å². The highest BCUT2D eigenvalue weighted by atomic mass is 32.1. The second-order valence-corrected chi connectivity index (χ2v) is 7.59. The topological polar surface area (TPSA) is 122 Å². The Bertz CT molecular complexity index is 733. The minimum atomic E-state index is -1.12. The molecule has 1 amide bonds. The third kappa shape index (κ3) is 5.77. The van der Waals surface area contributed by atoms with Crippen LogP contribution < -0.4 is 5.32 Å². The number of methoxy groups -OCH3 is 2. The van der Waals surface area contributed by atoms with Crippen LogP contribution in [0.5, 0.6) is 0 Å². The van der Waals surface area contributed by atoms with E-state index in [0.29, 0.717) is 19.5 Å². The predicted octanol–water partition coefficient (Wildman–Crippen LogP) is 1.02. The minimum absolute atomic E-state index is 0.247. The number of likely N-dealkylation sites (tertiary alicyclic amines) is 1. The van der Waals surface area contributed by atoms with E-state index < -0.39 is 30.0 Å². The number of hydrogen-bond donors (Lipinski definition) is 2. The summed E-state index contributed by atoms with van der Waals surface area (Å²) < 4.78 is 9.23. The number of carbonyl (C=O) groups excluding carboxylic acids is 3. The molecule has 2 heterocycles. The summed E-state index contributed by atoms with van der Waals surface area (Å²) in [5.41, 5.74) is 0. The van der Waals surface area contributed by atoms with Crippen molar-refractivity contribution in [3.63, 3.8) is 0 Å². The van der Waals surface area contributed by atoms with E-state index in [0.717, 1.165) is 17.7 Å². The third-order valence-corrected chi connectivity index (χ3v) is 5.61. The lowest BCUT2D eigenvalue weighted by molar-refractivity contribution is -0.151. The van der Waals surface area contributed by atoms with Gasteiger partial charge >= 0.3 is 17.9 Å². The predicted molar refractivity (Wildman–Crippen MR) is 99.9 cm³/mol. The van der Waals surface area contributed by atoms with E-state index in [9.17, 15) is 19.2 Å². The molecule has 154 valence electrons. The van der Waals surface area contributed by atoms with Gasteiger partial charge in [-0.25, -0.2) is 9.59 Å². The Morgan fingerprint density at radius 2 is 2.00 bits per heavy atom. The molecule has 1 saturated heterocycles. The van der Waals surface area contributed by atoms with Gasteiger partial charge in [-0.05, 0) is 31.5 Å². The minimum Gasteiger partial charge on any atom is -0.477 e. The van der Waals surface area contributed by atoms with Gasteiger partial charge in [0.2, 0.25) is 5.91 Å². The molecular weight excluding hydrogens is 388 g/mol. The molecule has 0 saturated carbocycles. The highest BCUT2D eigenvalue weighted by Gasteiger charge is 2.33. The van der Waals surface area contributed by atoms with E-state index in [1.54, 1.807) is 12.1 Å². The second kappa shape index (κ2) is 10.2. The van der Waals surface area contributed by atoms with Crippen molar-refractivity contribution in [2.45, 2.75) is 44.3 Å². The van der Waals surface area contributed by atoms with Crippen LogP contribution in [0.1, 0.15) is 40.2 Å². The van der Waals surface area contributed by atoms with Crippen molar-refractivity contribution in [2.75, 3.05) is 20.8 Å². The summed E-state index contributed by atoms with van der Waals surface area (Å²) >= 11 is 1.17. The van der Waals surface area contributed by atoms with Crippen LogP contribution in [0.15, 0.2) is 12.1 Å². The normalized spacial score (nSPS) is 18.1. The molecule has 0 unspecified atom stereocenters. The number of hydrogen-bond acceptors (Lipinski definition) is 8. The molecule has 0 radical (unpaired) electrons. The highest BCUT2D eigenvalue weighted by molar-refractivity contribution is 7.13. The maximum absolute atomic E-state index is 12.8. The van der Waals surface area contributed by atoms with Crippen molar-refractivity contribution < 1.29 is 33.8 Å². The number of aromatic carboxylic acids is 1. The maximum atomic E-state index is 12.8. The molecule has 1 aromatic rings. The van der Waals surface area contributed by atoms with Crippen LogP contribution in [0.4, 0.5) is 0 Å². The molecule has 1 aromatic heterocycles. The molecule has 0 aromatic carbocycles. The lowest BCUT2D eigenvalue weighted by Crippen LogP contribution is -2.53. The Balaban J connectivity index is 2.07. The number of amides is 1. The zero-order valence-electron chi connectivity index (χ0n) is 15.8. The first-order valence-electron chi connectivity index (χ1n) is 8.86. The molecule has 2 atom stereocenters. The van der Waals surface area contributed by atoms with Gasteiger partial charge in [0.1, 0.15) is 10.9 Å². The van der Waals surface area contributed by atoms with Gasteiger partial charge in [-0.2, -0.15) is 0 Å². The number of nitrogens with one attached hydrogen (secondary N) is 1. The van der Waals surface area contributed by atoms with Crippen LogP contribution in [0.25, 0.3) is 0 Å². The first-order chi connectivity index (χ1) is 13.3. The van der Waals surface area contributed by atoms with E-state index in [2.05, 4.69) is 14.8 Å². The molecule has 0 aliphatic carbocycles. The number of thiophene rings is 1. The summed E-state index contributed by atoms with van der Waals surface area (Å²) in [6, 6.07) is 1.69. The Morgan fingerprint density at radius 3 is 2.61 bits per heavy atom. The first kappa shape index (κ1) is 21.8. The summed E-state index contributed by atoms with van der Waals surface area (Å²) in [6.45, 7) is 1.12.